The number of likely N-dealkylation sites (tertiary alicyclic amines) is 1. The van der Waals surface area contributed by atoms with Crippen LogP contribution < -0.4 is 11.1 Å². The number of rotatable bonds is 13. The average Bonchev–Trinajstić information content (AvgIpc) is 3.61. The first kappa shape index (κ1) is 27.4. The second kappa shape index (κ2) is 11.5. The molecule has 0 spiro atoms. The van der Waals surface area contributed by atoms with Crippen molar-refractivity contribution in [2.45, 2.75) is 124 Å². The van der Waals surface area contributed by atoms with E-state index in [1.165, 1.54) is 103 Å². The van der Waals surface area contributed by atoms with Crippen molar-refractivity contribution < 1.29 is 0 Å². The lowest BCUT2D eigenvalue weighted by Crippen LogP contribution is -2.47. The minimum absolute atomic E-state index is 0.543. The van der Waals surface area contributed by atoms with Gasteiger partial charge in [0.25, 0.3) is 0 Å². The third kappa shape index (κ3) is 5.60. The molecule has 0 radical (unpaired) electrons. The first-order valence-corrected chi connectivity index (χ1v) is 16.5. The normalized spacial score (nSPS) is 38.2. The Morgan fingerprint density at radius 3 is 2.14 bits per heavy atom. The van der Waals surface area contributed by atoms with Crippen molar-refractivity contribution in [2.75, 3.05) is 32.7 Å². The number of unbranched alkanes of at least 4 members (excludes halogenated alkanes) is 1. The maximum absolute atomic E-state index is 5.73. The van der Waals surface area contributed by atoms with Crippen LogP contribution in [-0.4, -0.2) is 43.7 Å². The summed E-state index contributed by atoms with van der Waals surface area (Å²) in [7, 11) is 0. The highest BCUT2D eigenvalue weighted by atomic mass is 15.1. The number of nitrogens with zero attached hydrogens (tertiary/aromatic N) is 1. The van der Waals surface area contributed by atoms with Crippen molar-refractivity contribution in [1.29, 1.82) is 0 Å². The van der Waals surface area contributed by atoms with Gasteiger partial charge in [0, 0.05) is 6.04 Å². The van der Waals surface area contributed by atoms with Gasteiger partial charge in [0.2, 0.25) is 0 Å². The number of nitrogens with one attached hydrogen (secondary N) is 1. The monoisotopic (exact) mass is 499 g/mol. The molecule has 3 nitrogen and oxygen atoms in total. The van der Waals surface area contributed by atoms with Gasteiger partial charge >= 0.3 is 0 Å². The zero-order chi connectivity index (χ0) is 25.3. The lowest BCUT2D eigenvalue weighted by molar-refractivity contribution is 0.0781. The Morgan fingerprint density at radius 2 is 1.50 bits per heavy atom. The Morgan fingerprint density at radius 1 is 0.806 bits per heavy atom. The molecule has 7 unspecified atom stereocenters. The van der Waals surface area contributed by atoms with Crippen LogP contribution in [0.3, 0.4) is 0 Å². The average molecular weight is 500 g/mol. The van der Waals surface area contributed by atoms with Gasteiger partial charge in [-0.3, -0.25) is 0 Å². The fourth-order valence-corrected chi connectivity index (χ4v) is 10.7. The standard InChI is InChI=1S/C33H61N3/c1-32(2)27-12-10-25(22-27)29(32)8-5-6-9-30(31-26-11-13-28(23-26)33(31,3)4)35-18-14-24-15-20-36(21-16-24)19-7-17-34/h24-31,35H,5-23,34H2,1-4H3. The summed E-state index contributed by atoms with van der Waals surface area (Å²) in [6, 6.07) is 0.757. The zero-order valence-corrected chi connectivity index (χ0v) is 24.6. The molecule has 1 saturated heterocycles. The van der Waals surface area contributed by atoms with Crippen LogP contribution in [0.15, 0.2) is 0 Å². The van der Waals surface area contributed by atoms with Gasteiger partial charge in [0.1, 0.15) is 0 Å². The van der Waals surface area contributed by atoms with Crippen LogP contribution in [-0.2, 0) is 0 Å². The van der Waals surface area contributed by atoms with Gasteiger partial charge in [-0.1, -0.05) is 40.5 Å². The first-order chi connectivity index (χ1) is 17.3. The number of fused-ring (bicyclic) bond motifs is 4. The maximum Gasteiger partial charge on any atom is 0.0103 e. The lowest BCUT2D eigenvalue weighted by atomic mass is 9.64. The fraction of sp³-hybridized carbons (Fsp3) is 1.00. The Hall–Kier alpha value is -0.120. The summed E-state index contributed by atoms with van der Waals surface area (Å²) >= 11 is 0. The quantitative estimate of drug-likeness (QED) is 0.266. The summed E-state index contributed by atoms with van der Waals surface area (Å²) in [5, 5.41) is 4.24. The molecule has 4 saturated carbocycles. The highest BCUT2D eigenvalue weighted by Crippen LogP contribution is 2.62. The van der Waals surface area contributed by atoms with E-state index >= 15 is 0 Å². The Labute approximate surface area is 224 Å². The molecule has 0 aromatic heterocycles. The summed E-state index contributed by atoms with van der Waals surface area (Å²) in [6.07, 6.45) is 20.3. The molecule has 0 aromatic carbocycles. The molecule has 36 heavy (non-hydrogen) atoms. The molecule has 1 heterocycles. The van der Waals surface area contributed by atoms with E-state index in [4.69, 9.17) is 5.73 Å². The number of piperidine rings is 1. The van der Waals surface area contributed by atoms with Crippen LogP contribution in [0, 0.1) is 52.3 Å². The smallest absolute Gasteiger partial charge is 0.0103 e. The van der Waals surface area contributed by atoms with Crippen molar-refractivity contribution >= 4 is 0 Å². The third-order valence-corrected chi connectivity index (χ3v) is 13.0. The number of nitrogens with two attached hydrogens (primary N) is 1. The van der Waals surface area contributed by atoms with Gasteiger partial charge < -0.3 is 16.0 Å². The fourth-order valence-electron chi connectivity index (χ4n) is 10.7. The van der Waals surface area contributed by atoms with Gasteiger partial charge in [0.15, 0.2) is 0 Å². The van der Waals surface area contributed by atoms with E-state index in [9.17, 15) is 0 Å². The Kier molecular flexibility index (Phi) is 8.80. The van der Waals surface area contributed by atoms with Crippen molar-refractivity contribution in [3.05, 3.63) is 0 Å². The van der Waals surface area contributed by atoms with E-state index in [0.717, 1.165) is 60.4 Å². The van der Waals surface area contributed by atoms with E-state index in [2.05, 4.69) is 37.9 Å². The SMILES string of the molecule is CC1(C)C2CCC(C2)C1CCCCC(NCCC1CCN(CCCN)CC1)C1C2CCC(C2)C1(C)C. The highest BCUT2D eigenvalue weighted by molar-refractivity contribution is 5.06. The third-order valence-electron chi connectivity index (χ3n) is 13.0. The molecular weight excluding hydrogens is 438 g/mol. The van der Waals surface area contributed by atoms with E-state index in [-0.39, 0.29) is 0 Å². The van der Waals surface area contributed by atoms with Gasteiger partial charge in [-0.05, 0) is 162 Å². The maximum atomic E-state index is 5.73. The molecule has 1 aliphatic heterocycles. The molecule has 0 amide bonds. The van der Waals surface area contributed by atoms with E-state index < -0.39 is 0 Å². The zero-order valence-electron chi connectivity index (χ0n) is 24.6. The molecule has 3 N–H and O–H groups in total. The molecule has 0 aromatic rings. The minimum Gasteiger partial charge on any atom is -0.330 e. The van der Waals surface area contributed by atoms with Crippen molar-refractivity contribution in [2.24, 2.45) is 58.0 Å². The van der Waals surface area contributed by atoms with Gasteiger partial charge in [0.05, 0.1) is 0 Å². The van der Waals surface area contributed by atoms with Crippen LogP contribution in [0.2, 0.25) is 0 Å². The van der Waals surface area contributed by atoms with Crippen LogP contribution in [0.25, 0.3) is 0 Å². The number of hydrogen-bond donors (Lipinski definition) is 2. The largest absolute Gasteiger partial charge is 0.330 e. The van der Waals surface area contributed by atoms with E-state index in [1.54, 1.807) is 6.42 Å². The molecule has 5 fully saturated rings. The van der Waals surface area contributed by atoms with Crippen LogP contribution in [0.4, 0.5) is 0 Å². The Balaban J connectivity index is 1.10. The topological polar surface area (TPSA) is 41.3 Å². The molecule has 4 aliphatic carbocycles. The summed E-state index contributed by atoms with van der Waals surface area (Å²) in [5.41, 5.74) is 6.89. The number of hydrogen-bond acceptors (Lipinski definition) is 3. The van der Waals surface area contributed by atoms with Crippen LogP contribution >= 0.6 is 0 Å². The summed E-state index contributed by atoms with van der Waals surface area (Å²) in [5.74, 6) is 6.93. The molecule has 5 aliphatic rings. The van der Waals surface area contributed by atoms with Crippen LogP contribution in [0.1, 0.15) is 118 Å². The molecular formula is C33H61N3. The van der Waals surface area contributed by atoms with Crippen molar-refractivity contribution in [3.63, 3.8) is 0 Å². The first-order valence-electron chi connectivity index (χ1n) is 16.5. The molecule has 4 bridgehead atoms. The van der Waals surface area contributed by atoms with Crippen LogP contribution in [0.5, 0.6) is 0 Å². The van der Waals surface area contributed by atoms with E-state index in [1.807, 2.05) is 0 Å². The summed E-state index contributed by atoms with van der Waals surface area (Å²) < 4.78 is 0. The molecule has 3 heteroatoms. The van der Waals surface area contributed by atoms with Gasteiger partial charge in [-0.25, -0.2) is 0 Å². The van der Waals surface area contributed by atoms with Crippen molar-refractivity contribution in [3.8, 4) is 0 Å². The van der Waals surface area contributed by atoms with Crippen molar-refractivity contribution in [1.82, 2.24) is 10.2 Å². The highest BCUT2D eigenvalue weighted by Gasteiger charge is 2.55. The molecule has 5 rings (SSSR count). The van der Waals surface area contributed by atoms with E-state index in [0.29, 0.717) is 10.8 Å². The summed E-state index contributed by atoms with van der Waals surface area (Å²) in [6.45, 7) is 16.4. The molecule has 7 atom stereocenters. The predicted molar refractivity (Wildman–Crippen MR) is 154 cm³/mol. The van der Waals surface area contributed by atoms with Gasteiger partial charge in [-0.2, -0.15) is 0 Å². The lowest BCUT2D eigenvalue weighted by Gasteiger charge is -2.44. The second-order valence-electron chi connectivity index (χ2n) is 15.4. The molecule has 208 valence electrons. The Bertz CT molecular complexity index is 693. The van der Waals surface area contributed by atoms with Gasteiger partial charge in [-0.15, -0.1) is 0 Å². The summed E-state index contributed by atoms with van der Waals surface area (Å²) in [4.78, 5) is 2.65. The predicted octanol–water partition coefficient (Wildman–Crippen LogP) is 7.10. The minimum atomic E-state index is 0.543. The second-order valence-corrected chi connectivity index (χ2v) is 15.4.